The predicted octanol–water partition coefficient (Wildman–Crippen LogP) is 4.95. The molecular weight excluding hydrogens is 384 g/mol. The van der Waals surface area contributed by atoms with Gasteiger partial charge in [0.15, 0.2) is 5.69 Å². The summed E-state index contributed by atoms with van der Waals surface area (Å²) in [7, 11) is 0. The monoisotopic (exact) mass is 397 g/mol. The number of carboxylic acids is 1. The highest BCUT2D eigenvalue weighted by Gasteiger charge is 2.23. The fraction of sp³-hybridized carbons (Fsp3) is 0.0500. The van der Waals surface area contributed by atoms with E-state index in [0.717, 1.165) is 23.0 Å². The van der Waals surface area contributed by atoms with E-state index in [4.69, 9.17) is 5.11 Å². The van der Waals surface area contributed by atoms with E-state index in [1.165, 1.54) is 22.2 Å². The van der Waals surface area contributed by atoms with Crippen molar-refractivity contribution >= 4 is 17.3 Å². The molecule has 2 aromatic heterocycles. The minimum Gasteiger partial charge on any atom is -0.476 e. The van der Waals surface area contributed by atoms with Gasteiger partial charge in [-0.3, -0.25) is 0 Å². The molecule has 0 radical (unpaired) electrons. The smallest absolute Gasteiger partial charge is 0.355 e. The van der Waals surface area contributed by atoms with Crippen LogP contribution in [0.1, 0.15) is 16.1 Å². The van der Waals surface area contributed by atoms with Crippen molar-refractivity contribution in [3.8, 4) is 27.6 Å². The number of rotatable bonds is 4. The van der Waals surface area contributed by atoms with Gasteiger partial charge in [-0.2, -0.15) is 5.10 Å². The zero-order chi connectivity index (χ0) is 19.8. The summed E-state index contributed by atoms with van der Waals surface area (Å²) in [4.78, 5) is 15.3. The zero-order valence-electron chi connectivity index (χ0n) is 14.6. The van der Waals surface area contributed by atoms with Crippen LogP contribution in [0.2, 0.25) is 0 Å². The highest BCUT2D eigenvalue weighted by Crippen LogP contribution is 2.35. The van der Waals surface area contributed by atoms with Crippen LogP contribution < -0.4 is 0 Å². The highest BCUT2D eigenvalue weighted by atomic mass is 32.1. The minimum atomic E-state index is -1.16. The van der Waals surface area contributed by atoms with Gasteiger partial charge in [0.1, 0.15) is 11.6 Å². The molecule has 0 unspecified atom stereocenters. The van der Waals surface area contributed by atoms with Crippen LogP contribution >= 0.6 is 11.3 Å². The second-order valence-electron chi connectivity index (χ2n) is 6.04. The third kappa shape index (κ3) is 3.07. The second-order valence-corrected chi connectivity index (χ2v) is 6.88. The van der Waals surface area contributed by atoms with Crippen molar-refractivity contribution in [1.29, 1.82) is 0 Å². The zero-order valence-corrected chi connectivity index (χ0v) is 15.4. The van der Waals surface area contributed by atoms with Crippen molar-refractivity contribution < 1.29 is 18.7 Å². The average Bonchev–Trinajstić information content (AvgIpc) is 3.28. The van der Waals surface area contributed by atoms with Gasteiger partial charge in [-0.05, 0) is 19.1 Å². The van der Waals surface area contributed by atoms with E-state index in [-0.39, 0.29) is 16.4 Å². The van der Waals surface area contributed by atoms with E-state index < -0.39 is 17.6 Å². The van der Waals surface area contributed by atoms with E-state index in [2.05, 4.69) is 10.1 Å². The molecule has 1 N–H and O–H groups in total. The molecule has 0 spiro atoms. The molecule has 0 saturated heterocycles. The number of hydrogen-bond acceptors (Lipinski definition) is 4. The number of halogens is 2. The first-order chi connectivity index (χ1) is 13.5. The maximum Gasteiger partial charge on any atom is 0.355 e. The third-order valence-corrected chi connectivity index (χ3v) is 5.06. The molecule has 8 heteroatoms. The molecule has 0 aliphatic rings. The topological polar surface area (TPSA) is 68.0 Å². The normalized spacial score (nSPS) is 11.0. The van der Waals surface area contributed by atoms with Gasteiger partial charge in [-0.1, -0.05) is 30.3 Å². The summed E-state index contributed by atoms with van der Waals surface area (Å²) in [5, 5.41) is 15.4. The number of aromatic nitrogens is 3. The van der Waals surface area contributed by atoms with E-state index in [9.17, 15) is 13.6 Å². The van der Waals surface area contributed by atoms with Crippen molar-refractivity contribution in [3.63, 3.8) is 0 Å². The highest BCUT2D eigenvalue weighted by molar-refractivity contribution is 7.12. The van der Waals surface area contributed by atoms with Crippen molar-refractivity contribution in [2.45, 2.75) is 6.92 Å². The summed E-state index contributed by atoms with van der Waals surface area (Å²) in [6.45, 7) is 1.79. The van der Waals surface area contributed by atoms with Gasteiger partial charge in [0.25, 0.3) is 0 Å². The fourth-order valence-electron chi connectivity index (χ4n) is 2.96. The van der Waals surface area contributed by atoms with Gasteiger partial charge >= 0.3 is 5.97 Å². The molecule has 0 aliphatic heterocycles. The summed E-state index contributed by atoms with van der Waals surface area (Å²) in [6, 6.07) is 12.6. The predicted molar refractivity (Wildman–Crippen MR) is 102 cm³/mol. The van der Waals surface area contributed by atoms with Crippen LogP contribution in [0.5, 0.6) is 0 Å². The largest absolute Gasteiger partial charge is 0.476 e. The van der Waals surface area contributed by atoms with Gasteiger partial charge in [-0.15, -0.1) is 11.3 Å². The molecule has 0 atom stereocenters. The molecule has 4 rings (SSSR count). The number of hydrogen-bond donors (Lipinski definition) is 1. The number of aromatic carboxylic acids is 1. The lowest BCUT2D eigenvalue weighted by molar-refractivity contribution is 0.0691. The van der Waals surface area contributed by atoms with E-state index in [1.54, 1.807) is 6.92 Å². The number of carboxylic acid groups (broad SMARTS) is 1. The van der Waals surface area contributed by atoms with Gasteiger partial charge in [-0.25, -0.2) is 23.2 Å². The van der Waals surface area contributed by atoms with Gasteiger partial charge in [0, 0.05) is 28.1 Å². The van der Waals surface area contributed by atoms with Crippen LogP contribution in [-0.2, 0) is 0 Å². The Labute approximate surface area is 162 Å². The Morgan fingerprint density at radius 2 is 1.89 bits per heavy atom. The number of benzene rings is 2. The van der Waals surface area contributed by atoms with E-state index in [0.29, 0.717) is 17.0 Å². The maximum atomic E-state index is 14.6. The fourth-order valence-corrected chi connectivity index (χ4v) is 3.72. The molecule has 2 heterocycles. The van der Waals surface area contributed by atoms with Crippen molar-refractivity contribution in [2.24, 2.45) is 0 Å². The minimum absolute atomic E-state index is 0.125. The Bertz CT molecular complexity index is 1190. The molecule has 28 heavy (non-hydrogen) atoms. The van der Waals surface area contributed by atoms with Crippen molar-refractivity contribution in [2.75, 3.05) is 0 Å². The standard InChI is InChI=1S/C20H13F2N3O2S/c1-11-17(12-5-3-2-4-6-12)24-25(20-23-16(10-28-20)19(26)27)18(11)14-8-7-13(21)9-15(14)22/h2-10H,1H3,(H,26,27). The number of nitrogens with zero attached hydrogens (tertiary/aromatic N) is 3. The van der Waals surface area contributed by atoms with Crippen molar-refractivity contribution in [1.82, 2.24) is 14.8 Å². The molecule has 0 saturated carbocycles. The first-order valence-corrected chi connectivity index (χ1v) is 9.13. The molecule has 140 valence electrons. The molecule has 4 aromatic rings. The summed E-state index contributed by atoms with van der Waals surface area (Å²) in [5.74, 6) is -2.58. The molecule has 0 bridgehead atoms. The second kappa shape index (κ2) is 6.97. The Balaban J connectivity index is 1.99. The molecular formula is C20H13F2N3O2S. The van der Waals surface area contributed by atoms with E-state index in [1.807, 2.05) is 30.3 Å². The average molecular weight is 397 g/mol. The molecule has 0 amide bonds. The van der Waals surface area contributed by atoms with Crippen molar-refractivity contribution in [3.05, 3.63) is 76.8 Å². The SMILES string of the molecule is Cc1c(-c2ccccc2)nn(-c2nc(C(=O)O)cs2)c1-c1ccc(F)cc1F. The number of thiazole rings is 1. The Morgan fingerprint density at radius 3 is 2.54 bits per heavy atom. The molecule has 0 aliphatic carbocycles. The first kappa shape index (κ1) is 18.0. The lowest BCUT2D eigenvalue weighted by atomic mass is 10.0. The van der Waals surface area contributed by atoms with Crippen LogP contribution in [0.4, 0.5) is 8.78 Å². The molecule has 5 nitrogen and oxygen atoms in total. The number of carbonyl (C=O) groups is 1. The lowest BCUT2D eigenvalue weighted by Crippen LogP contribution is -2.03. The van der Waals surface area contributed by atoms with Gasteiger partial charge < -0.3 is 5.11 Å². The summed E-state index contributed by atoms with van der Waals surface area (Å²) >= 11 is 1.08. The summed E-state index contributed by atoms with van der Waals surface area (Å²) in [5.41, 5.74) is 2.51. The van der Waals surface area contributed by atoms with Crippen LogP contribution in [0, 0.1) is 18.6 Å². The molecule has 0 fully saturated rings. The maximum absolute atomic E-state index is 14.6. The van der Waals surface area contributed by atoms with Gasteiger partial charge in [0.2, 0.25) is 5.13 Å². The third-order valence-electron chi connectivity index (χ3n) is 4.25. The lowest BCUT2D eigenvalue weighted by Gasteiger charge is -2.07. The Kier molecular flexibility index (Phi) is 4.48. The summed E-state index contributed by atoms with van der Waals surface area (Å²) in [6.07, 6.45) is 0. The van der Waals surface area contributed by atoms with E-state index >= 15 is 0 Å². The first-order valence-electron chi connectivity index (χ1n) is 8.25. The van der Waals surface area contributed by atoms with Gasteiger partial charge in [0.05, 0.1) is 11.4 Å². The molecule has 2 aromatic carbocycles. The Morgan fingerprint density at radius 1 is 1.14 bits per heavy atom. The van der Waals surface area contributed by atoms with Crippen LogP contribution in [-0.4, -0.2) is 25.8 Å². The van der Waals surface area contributed by atoms with Crippen LogP contribution in [0.15, 0.2) is 53.9 Å². The summed E-state index contributed by atoms with van der Waals surface area (Å²) < 4.78 is 29.4. The Hall–Kier alpha value is -3.39. The quantitative estimate of drug-likeness (QED) is 0.529. The van der Waals surface area contributed by atoms with Crippen LogP contribution in [0.25, 0.3) is 27.6 Å². The van der Waals surface area contributed by atoms with Crippen LogP contribution in [0.3, 0.4) is 0 Å².